The molecule has 0 aromatic rings. The smallest absolute Gasteiger partial charge is 0.326 e. The zero-order chi connectivity index (χ0) is 57.9. The van der Waals surface area contributed by atoms with Gasteiger partial charge in [0.15, 0.2) is 0 Å². The van der Waals surface area contributed by atoms with E-state index >= 15 is 0 Å². The van der Waals surface area contributed by atoms with Crippen molar-refractivity contribution in [2.75, 3.05) is 87.6 Å². The van der Waals surface area contributed by atoms with Crippen LogP contribution in [0.2, 0.25) is 0 Å². The molecule has 5 fully saturated rings. The zero-order valence-electron chi connectivity index (χ0n) is 49.9. The number of likely N-dealkylation sites (tertiary alicyclic amines) is 5. The maximum absolute atomic E-state index is 14.0. The fourth-order valence-corrected chi connectivity index (χ4v) is 12.2. The molecule has 0 radical (unpaired) electrons. The Balaban J connectivity index is 0.000000334. The van der Waals surface area contributed by atoms with Gasteiger partial charge in [0.2, 0.25) is 35.4 Å². The van der Waals surface area contributed by atoms with Crippen LogP contribution in [0.1, 0.15) is 153 Å². The van der Waals surface area contributed by atoms with Crippen molar-refractivity contribution in [2.24, 2.45) is 22.7 Å². The molecule has 6 amide bonds. The molecule has 0 bridgehead atoms. The average Bonchev–Trinajstić information content (AvgIpc) is 4.03. The maximum atomic E-state index is 14.0. The number of aliphatic carboxylic acids is 2. The highest BCUT2D eigenvalue weighted by molar-refractivity contribution is 5.92. The summed E-state index contributed by atoms with van der Waals surface area (Å²) in [5.41, 5.74) is -0.969. The molecule has 5 aliphatic rings. The predicted octanol–water partition coefficient (Wildman–Crippen LogP) is 3.91. The molecule has 5 rings (SSSR count). The third kappa shape index (κ3) is 17.5. The molecule has 4 N–H and O–H groups in total. The van der Waals surface area contributed by atoms with Gasteiger partial charge >= 0.3 is 11.9 Å². The third-order valence-electron chi connectivity index (χ3n) is 17.1. The first kappa shape index (κ1) is 65.1. The van der Waals surface area contributed by atoms with Crippen LogP contribution < -0.4 is 10.6 Å². The quantitative estimate of drug-likeness (QED) is 0.144. The molecule has 0 aromatic carbocycles. The van der Waals surface area contributed by atoms with Gasteiger partial charge in [-0.15, -0.1) is 0 Å². The summed E-state index contributed by atoms with van der Waals surface area (Å²) in [4.78, 5) is 119. The first-order valence-electron chi connectivity index (χ1n) is 28.9. The van der Waals surface area contributed by atoms with Crippen LogP contribution in [-0.4, -0.2) is 239 Å². The lowest BCUT2D eigenvalue weighted by molar-refractivity contribution is -0.154. The first-order valence-corrected chi connectivity index (χ1v) is 28.9. The van der Waals surface area contributed by atoms with Crippen LogP contribution in [0.25, 0.3) is 0 Å². The van der Waals surface area contributed by atoms with Crippen LogP contribution in [0.3, 0.4) is 0 Å². The number of nitrogens with zero attached hydrogens (tertiary/aromatic N) is 8. The van der Waals surface area contributed by atoms with Crippen molar-refractivity contribution in [3.63, 3.8) is 0 Å². The summed E-state index contributed by atoms with van der Waals surface area (Å²) in [5.74, 6) is -2.49. The van der Waals surface area contributed by atoms with Crippen molar-refractivity contribution >= 4 is 47.4 Å². The lowest BCUT2D eigenvalue weighted by Crippen LogP contribution is -2.61. The second-order valence-corrected chi connectivity index (χ2v) is 25.9. The molecule has 5 aliphatic heterocycles. The van der Waals surface area contributed by atoms with Gasteiger partial charge in [0, 0.05) is 52.9 Å². The molecular weight excluding hydrogens is 985 g/mol. The number of carboxylic acids is 2. The van der Waals surface area contributed by atoms with E-state index in [1.54, 1.807) is 21.7 Å². The van der Waals surface area contributed by atoms with Crippen molar-refractivity contribution in [3.8, 4) is 0 Å². The van der Waals surface area contributed by atoms with Gasteiger partial charge in [0.25, 0.3) is 0 Å². The Bertz CT molecular complexity index is 2020. The molecule has 0 aliphatic carbocycles. The summed E-state index contributed by atoms with van der Waals surface area (Å²) in [6.07, 6.45) is 11.0. The van der Waals surface area contributed by atoms with E-state index in [4.69, 9.17) is 5.11 Å². The largest absolute Gasteiger partial charge is 0.480 e. The number of hydrogen-bond acceptors (Lipinski definition) is 12. The summed E-state index contributed by atoms with van der Waals surface area (Å²) in [6, 6.07) is -3.68. The van der Waals surface area contributed by atoms with E-state index in [9.17, 15) is 43.5 Å². The van der Waals surface area contributed by atoms with Crippen molar-refractivity contribution in [3.05, 3.63) is 0 Å². The molecule has 77 heavy (non-hydrogen) atoms. The number of carboxylic acid groups (broad SMARTS) is 2. The minimum absolute atomic E-state index is 0.0929. The normalized spacial score (nSPS) is 24.7. The van der Waals surface area contributed by atoms with Crippen molar-refractivity contribution in [2.45, 2.75) is 207 Å². The van der Waals surface area contributed by atoms with E-state index in [1.807, 2.05) is 62.7 Å². The Morgan fingerprint density at radius 1 is 0.519 bits per heavy atom. The summed E-state index contributed by atoms with van der Waals surface area (Å²) in [5, 5.41) is 25.0. The lowest BCUT2D eigenvalue weighted by atomic mass is 9.84. The van der Waals surface area contributed by atoms with E-state index in [0.717, 1.165) is 90.4 Å². The number of rotatable bonds is 19. The molecule has 5 heterocycles. The van der Waals surface area contributed by atoms with Crippen LogP contribution in [0, 0.1) is 22.7 Å². The zero-order valence-corrected chi connectivity index (χ0v) is 49.9. The lowest BCUT2D eigenvalue weighted by Gasteiger charge is -2.42. The summed E-state index contributed by atoms with van der Waals surface area (Å²) < 4.78 is 0. The molecular formula is C57H102N10O10. The minimum Gasteiger partial charge on any atom is -0.480 e. The second-order valence-electron chi connectivity index (χ2n) is 25.9. The highest BCUT2D eigenvalue weighted by Gasteiger charge is 2.45. The van der Waals surface area contributed by atoms with Crippen LogP contribution in [0.15, 0.2) is 0 Å². The van der Waals surface area contributed by atoms with Crippen LogP contribution in [0.4, 0.5) is 0 Å². The van der Waals surface area contributed by atoms with Crippen molar-refractivity contribution in [1.29, 1.82) is 0 Å². The van der Waals surface area contributed by atoms with Crippen molar-refractivity contribution in [1.82, 2.24) is 49.8 Å². The molecule has 0 unspecified atom stereocenters. The van der Waals surface area contributed by atoms with Crippen LogP contribution in [0.5, 0.6) is 0 Å². The molecule has 0 aromatic heterocycles. The number of likely N-dealkylation sites (N-methyl/N-ethyl adjacent to an activating group) is 5. The highest BCUT2D eigenvalue weighted by atomic mass is 16.4. The van der Waals surface area contributed by atoms with E-state index in [1.165, 1.54) is 11.9 Å². The Labute approximate surface area is 461 Å². The van der Waals surface area contributed by atoms with E-state index in [0.29, 0.717) is 38.9 Å². The van der Waals surface area contributed by atoms with Gasteiger partial charge < -0.3 is 40.4 Å². The van der Waals surface area contributed by atoms with Gasteiger partial charge in [-0.2, -0.15) is 0 Å². The molecule has 440 valence electrons. The SMILES string of the molecule is CC(C)[C@@H](CN1CCC[C@H]1C(=O)N(C)CC(=O)O)N(C)C(=O)[C@@H](NC(=O)[C@H]1CCCCN1C)C(C)(C)C.CC(C)[C@@H](CN1CCC[C@H]1C(=O)N1CCCC[C@H]1C(=O)O)N(C)C(=O)[C@@H](NC(=O)[C@H]1CCCCN1C)C(C)(C)C. The topological polar surface area (TPSA) is 227 Å². The van der Waals surface area contributed by atoms with Crippen molar-refractivity contribution < 1.29 is 48.6 Å². The van der Waals surface area contributed by atoms with E-state index in [-0.39, 0.29) is 84.0 Å². The monoisotopic (exact) mass is 1090 g/mol. The van der Waals surface area contributed by atoms with E-state index in [2.05, 4.69) is 57.9 Å². The van der Waals surface area contributed by atoms with E-state index < -0.39 is 46.9 Å². The second kappa shape index (κ2) is 28.7. The van der Waals surface area contributed by atoms with Gasteiger partial charge in [-0.25, -0.2) is 4.79 Å². The Hall–Kier alpha value is -4.40. The molecule has 20 heteroatoms. The molecule has 9 atom stereocenters. The first-order chi connectivity index (χ1) is 35.9. The molecule has 20 nitrogen and oxygen atoms in total. The van der Waals surface area contributed by atoms with Gasteiger partial charge in [-0.1, -0.05) is 82.1 Å². The fraction of sp³-hybridized carbons (Fsp3) is 0.860. The number of carbonyl (C=O) groups is 8. The number of piperidine rings is 3. The third-order valence-corrected chi connectivity index (χ3v) is 17.1. The number of carbonyl (C=O) groups excluding carboxylic acids is 6. The standard InChI is InChI=1S/C30H53N5O5.C27H49N5O5/c1-20(2)24(19-34-17-12-15-22(34)27(37)35-18-11-9-14-23(35)29(39)40)33(7)28(38)25(30(3,4)5)31-26(36)21-13-8-10-16-32(21)6;1-18(2)21(16-32-15-11-13-20(32)25(36)30(7)17-22(33)34)31(8)26(37)23(27(3,4)5)28-24(35)19-12-9-10-14-29(19)6/h20-25H,8-19H2,1-7H3,(H,31,36)(H,39,40);18-21,23H,9-17H2,1-8H3,(H,28,35)(H,33,34)/t21-,22+,23+,24-,25-;19-,20+,21-,23-/m11/s1. The Kier molecular flexibility index (Phi) is 24.2. The maximum Gasteiger partial charge on any atom is 0.326 e. The Morgan fingerprint density at radius 3 is 1.27 bits per heavy atom. The number of nitrogens with one attached hydrogen (secondary N) is 2. The summed E-state index contributed by atoms with van der Waals surface area (Å²) in [7, 11) is 9.04. The summed E-state index contributed by atoms with van der Waals surface area (Å²) >= 11 is 0. The van der Waals surface area contributed by atoms with Gasteiger partial charge in [-0.3, -0.25) is 53.2 Å². The van der Waals surface area contributed by atoms with Crippen LogP contribution >= 0.6 is 0 Å². The van der Waals surface area contributed by atoms with Gasteiger partial charge in [0.1, 0.15) is 24.7 Å². The van der Waals surface area contributed by atoms with Gasteiger partial charge in [-0.05, 0) is 134 Å². The van der Waals surface area contributed by atoms with Gasteiger partial charge in [0.05, 0.1) is 24.2 Å². The molecule has 0 saturated carbocycles. The number of amides is 6. The fourth-order valence-electron chi connectivity index (χ4n) is 12.2. The summed E-state index contributed by atoms with van der Waals surface area (Å²) in [6.45, 7) is 24.5. The highest BCUT2D eigenvalue weighted by Crippen LogP contribution is 2.30. The van der Waals surface area contributed by atoms with Crippen LogP contribution in [-0.2, 0) is 38.4 Å². The average molecular weight is 1090 g/mol. The molecule has 0 spiro atoms. The number of hydrogen-bond donors (Lipinski definition) is 4. The predicted molar refractivity (Wildman–Crippen MR) is 298 cm³/mol. The minimum atomic E-state index is -1.04. The molecule has 5 saturated heterocycles. The Morgan fingerprint density at radius 2 is 0.896 bits per heavy atom.